The van der Waals surface area contributed by atoms with E-state index in [1.165, 1.54) is 32.8 Å². The van der Waals surface area contributed by atoms with Crippen LogP contribution in [0.2, 0.25) is 0 Å². The fraction of sp³-hybridized carbons (Fsp3) is 0.520. The summed E-state index contributed by atoms with van der Waals surface area (Å²) in [6.07, 6.45) is 7.37. The maximum absolute atomic E-state index is 13.8. The molecule has 2 heterocycles. The highest BCUT2D eigenvalue weighted by Gasteiger charge is 2.38. The second-order valence-corrected chi connectivity index (χ2v) is 9.97. The number of thiazole rings is 1. The van der Waals surface area contributed by atoms with Crippen LogP contribution >= 0.6 is 11.3 Å². The molecule has 2 amide bonds. The Balaban J connectivity index is 1.65. The van der Waals surface area contributed by atoms with Gasteiger partial charge in [0.15, 0.2) is 0 Å². The summed E-state index contributed by atoms with van der Waals surface area (Å²) < 4.78 is 4.95. The van der Waals surface area contributed by atoms with E-state index in [2.05, 4.69) is 6.07 Å². The number of hydrogen-bond donors (Lipinski definition) is 0. The Morgan fingerprint density at radius 3 is 2.79 bits per heavy atom. The van der Waals surface area contributed by atoms with E-state index < -0.39 is 6.04 Å². The first-order valence-electron chi connectivity index (χ1n) is 11.6. The molecule has 0 N–H and O–H groups in total. The predicted octanol–water partition coefficient (Wildman–Crippen LogP) is 4.82. The first kappa shape index (κ1) is 23.2. The van der Waals surface area contributed by atoms with E-state index in [-0.39, 0.29) is 12.0 Å². The number of likely N-dealkylation sites (tertiary alicyclic amines) is 1. The lowest BCUT2D eigenvalue weighted by Crippen LogP contribution is -2.48. The third-order valence-corrected chi connectivity index (χ3v) is 7.80. The number of aromatic nitrogens is 1. The normalized spacial score (nSPS) is 18.3. The molecule has 0 radical (unpaired) electrons. The number of nitrogens with zero attached hydrogens (tertiary/aromatic N) is 4. The minimum Gasteiger partial charge on any atom is -0.467 e. The van der Waals surface area contributed by atoms with Crippen LogP contribution in [0.5, 0.6) is 0 Å². The number of esters is 1. The monoisotopic (exact) mass is 466 g/mol. The van der Waals surface area contributed by atoms with Crippen molar-refractivity contribution < 1.29 is 14.3 Å². The second-order valence-electron chi connectivity index (χ2n) is 8.91. The average molecular weight is 467 g/mol. The number of carbonyl (C=O) groups excluding carboxylic acids is 2. The summed E-state index contributed by atoms with van der Waals surface area (Å²) in [5, 5.41) is 11.2. The minimum absolute atomic E-state index is 0.218. The van der Waals surface area contributed by atoms with Gasteiger partial charge >= 0.3 is 12.0 Å². The quantitative estimate of drug-likeness (QED) is 0.570. The van der Waals surface area contributed by atoms with Crippen molar-refractivity contribution >= 4 is 28.3 Å². The Bertz CT molecular complexity index is 1050. The number of hydrogen-bond acceptors (Lipinski definition) is 6. The van der Waals surface area contributed by atoms with Gasteiger partial charge in [-0.1, -0.05) is 37.8 Å². The maximum Gasteiger partial charge on any atom is 0.328 e. The number of nitriles is 1. The molecule has 33 heavy (non-hydrogen) atoms. The van der Waals surface area contributed by atoms with Crippen LogP contribution in [0.1, 0.15) is 60.4 Å². The van der Waals surface area contributed by atoms with Crippen molar-refractivity contribution in [3.63, 3.8) is 0 Å². The number of ether oxygens (including phenoxy) is 1. The van der Waals surface area contributed by atoms with Gasteiger partial charge in [0.1, 0.15) is 11.0 Å². The highest BCUT2D eigenvalue weighted by Crippen LogP contribution is 2.35. The molecule has 8 heteroatoms. The van der Waals surface area contributed by atoms with Gasteiger partial charge < -0.3 is 9.64 Å². The number of aryl methyl sites for hydroxylation is 1. The largest absolute Gasteiger partial charge is 0.467 e. The van der Waals surface area contributed by atoms with Crippen molar-refractivity contribution in [3.05, 3.63) is 46.1 Å². The van der Waals surface area contributed by atoms with Gasteiger partial charge in [0, 0.05) is 13.0 Å². The third kappa shape index (κ3) is 5.19. The van der Waals surface area contributed by atoms with Gasteiger partial charge in [-0.2, -0.15) is 5.26 Å². The van der Waals surface area contributed by atoms with Gasteiger partial charge in [-0.25, -0.2) is 14.6 Å². The molecule has 2 aromatic rings. The van der Waals surface area contributed by atoms with Crippen molar-refractivity contribution in [1.29, 1.82) is 5.26 Å². The van der Waals surface area contributed by atoms with E-state index in [1.54, 1.807) is 33.3 Å². The number of amides is 2. The number of rotatable bonds is 6. The number of benzene rings is 1. The van der Waals surface area contributed by atoms with Gasteiger partial charge in [-0.3, -0.25) is 4.90 Å². The lowest BCUT2D eigenvalue weighted by molar-refractivity contribution is -0.144. The van der Waals surface area contributed by atoms with Gasteiger partial charge in [0.25, 0.3) is 0 Å². The summed E-state index contributed by atoms with van der Waals surface area (Å²) in [5.74, 6) is 0.289. The molecular formula is C25H30N4O3S. The molecule has 1 atom stereocenters. The van der Waals surface area contributed by atoms with Gasteiger partial charge in [0.2, 0.25) is 0 Å². The molecule has 174 valence electrons. The van der Waals surface area contributed by atoms with E-state index >= 15 is 0 Å². The van der Waals surface area contributed by atoms with Crippen molar-refractivity contribution in [1.82, 2.24) is 9.88 Å². The molecular weight excluding hydrogens is 436 g/mol. The van der Waals surface area contributed by atoms with E-state index in [0.29, 0.717) is 31.0 Å². The zero-order valence-corrected chi connectivity index (χ0v) is 20.1. The van der Waals surface area contributed by atoms with E-state index in [0.717, 1.165) is 34.1 Å². The minimum atomic E-state index is -0.568. The number of methoxy groups -OCH3 is 1. The summed E-state index contributed by atoms with van der Waals surface area (Å²) in [7, 11) is 1.36. The summed E-state index contributed by atoms with van der Waals surface area (Å²) in [4.78, 5) is 34.3. The Morgan fingerprint density at radius 2 is 2.06 bits per heavy atom. The Labute approximate surface area is 199 Å². The summed E-state index contributed by atoms with van der Waals surface area (Å²) in [6, 6.07) is 8.68. The molecule has 1 aromatic carbocycles. The van der Waals surface area contributed by atoms with E-state index in [1.807, 2.05) is 19.1 Å². The SMILES string of the molecule is COC(=O)[C@@H]1CCCN1C(=O)N(Cc1cccc(C#N)c1)c1sc(CC2CCCC2)nc1C. The van der Waals surface area contributed by atoms with Crippen molar-refractivity contribution in [2.75, 3.05) is 18.6 Å². The molecule has 7 nitrogen and oxygen atoms in total. The first-order chi connectivity index (χ1) is 16.0. The van der Waals surface area contributed by atoms with Crippen LogP contribution in [0.15, 0.2) is 24.3 Å². The van der Waals surface area contributed by atoms with Crippen molar-refractivity contribution in [2.24, 2.45) is 5.92 Å². The Kier molecular flexibility index (Phi) is 7.29. The number of anilines is 1. The highest BCUT2D eigenvalue weighted by molar-refractivity contribution is 7.16. The first-order valence-corrected chi connectivity index (χ1v) is 12.4. The maximum atomic E-state index is 13.8. The molecule has 1 aliphatic heterocycles. The third-order valence-electron chi connectivity index (χ3n) is 6.60. The highest BCUT2D eigenvalue weighted by atomic mass is 32.1. The van der Waals surface area contributed by atoms with E-state index in [9.17, 15) is 14.9 Å². The second kappa shape index (κ2) is 10.3. The standard InChI is InChI=1S/C25H30N4O3S/c1-17-23(33-22(27-17)14-18-7-3-4-8-18)29(16-20-10-5-9-19(13-20)15-26)25(31)28-12-6-11-21(28)24(30)32-2/h5,9-10,13,18,21H,3-4,6-8,11-12,14,16H2,1-2H3/t21-/m0/s1. The van der Waals surface area contributed by atoms with Crippen molar-refractivity contribution in [2.45, 2.75) is 64.5 Å². The van der Waals surface area contributed by atoms with Gasteiger partial charge in [-0.15, -0.1) is 11.3 Å². The summed E-state index contributed by atoms with van der Waals surface area (Å²) >= 11 is 1.57. The molecule has 1 saturated carbocycles. The van der Waals surface area contributed by atoms with Crippen LogP contribution in [-0.2, 0) is 22.5 Å². The smallest absolute Gasteiger partial charge is 0.328 e. The zero-order valence-electron chi connectivity index (χ0n) is 19.2. The molecule has 1 aliphatic carbocycles. The summed E-state index contributed by atoms with van der Waals surface area (Å²) in [5.41, 5.74) is 2.24. The topological polar surface area (TPSA) is 86.5 Å². The van der Waals surface area contributed by atoms with Gasteiger partial charge in [-0.05, 0) is 43.4 Å². The molecule has 0 spiro atoms. The molecule has 0 bridgehead atoms. The molecule has 2 aliphatic rings. The lowest BCUT2D eigenvalue weighted by Gasteiger charge is -2.30. The molecule has 4 rings (SSSR count). The van der Waals surface area contributed by atoms with Crippen LogP contribution in [0.25, 0.3) is 0 Å². The molecule has 1 saturated heterocycles. The number of carbonyl (C=O) groups is 2. The van der Waals surface area contributed by atoms with Crippen molar-refractivity contribution in [3.8, 4) is 6.07 Å². The van der Waals surface area contributed by atoms with Crippen LogP contribution in [-0.4, -0.2) is 41.6 Å². The number of urea groups is 1. The van der Waals surface area contributed by atoms with E-state index in [4.69, 9.17) is 9.72 Å². The summed E-state index contributed by atoms with van der Waals surface area (Å²) in [6.45, 7) is 2.77. The molecule has 0 unspecified atom stereocenters. The van der Waals surface area contributed by atoms with Crippen LogP contribution in [0.4, 0.5) is 9.80 Å². The average Bonchev–Trinajstić information content (AvgIpc) is 3.58. The fourth-order valence-corrected chi connectivity index (χ4v) is 6.09. The molecule has 2 fully saturated rings. The lowest BCUT2D eigenvalue weighted by atomic mass is 10.1. The Morgan fingerprint density at radius 1 is 1.27 bits per heavy atom. The Hall–Kier alpha value is -2.92. The fourth-order valence-electron chi connectivity index (χ4n) is 4.92. The zero-order chi connectivity index (χ0) is 23.4. The van der Waals surface area contributed by atoms with Crippen LogP contribution < -0.4 is 4.90 Å². The van der Waals surface area contributed by atoms with Crippen LogP contribution in [0, 0.1) is 24.2 Å². The van der Waals surface area contributed by atoms with Gasteiger partial charge in [0.05, 0.1) is 36.0 Å². The molecule has 1 aromatic heterocycles. The predicted molar refractivity (Wildman–Crippen MR) is 127 cm³/mol. The van der Waals surface area contributed by atoms with Crippen LogP contribution in [0.3, 0.4) is 0 Å².